The van der Waals surface area contributed by atoms with Gasteiger partial charge in [-0.25, -0.2) is 0 Å². The number of nitrogens with zero attached hydrogens (tertiary/aromatic N) is 1. The van der Waals surface area contributed by atoms with Crippen LogP contribution in [0.25, 0.3) is 0 Å². The maximum atomic E-state index is 9.75. The highest BCUT2D eigenvalue weighted by Crippen LogP contribution is 2.24. The summed E-state index contributed by atoms with van der Waals surface area (Å²) in [4.78, 5) is 3.88. The predicted octanol–water partition coefficient (Wildman–Crippen LogP) is 0.458. The number of aromatic nitrogens is 1. The van der Waals surface area contributed by atoms with Gasteiger partial charge in [-0.3, -0.25) is 4.98 Å². The van der Waals surface area contributed by atoms with Crippen LogP contribution in [0.3, 0.4) is 0 Å². The average molecular weight is 261 g/mol. The van der Waals surface area contributed by atoms with Crippen LogP contribution in [-0.4, -0.2) is 34.9 Å². The van der Waals surface area contributed by atoms with E-state index in [1.54, 1.807) is 25.5 Å². The molecule has 14 heavy (non-hydrogen) atoms. The van der Waals surface area contributed by atoms with Crippen molar-refractivity contribution in [2.45, 2.75) is 12.2 Å². The van der Waals surface area contributed by atoms with Crippen molar-refractivity contribution in [1.82, 2.24) is 10.3 Å². The van der Waals surface area contributed by atoms with Crippen molar-refractivity contribution >= 4 is 15.9 Å². The molecule has 78 valence electrons. The lowest BCUT2D eigenvalue weighted by Gasteiger charge is -2.18. The van der Waals surface area contributed by atoms with Crippen LogP contribution in [0.15, 0.2) is 22.9 Å². The lowest BCUT2D eigenvalue weighted by Crippen LogP contribution is -2.29. The minimum absolute atomic E-state index is 0.343. The second-order valence-electron chi connectivity index (χ2n) is 2.97. The Labute approximate surface area is 91.1 Å². The molecule has 2 unspecified atom stereocenters. The third kappa shape index (κ3) is 2.75. The topological polar surface area (TPSA) is 65.4 Å². The van der Waals surface area contributed by atoms with Gasteiger partial charge in [0.1, 0.15) is 6.10 Å². The highest BCUT2D eigenvalue weighted by atomic mass is 79.9. The van der Waals surface area contributed by atoms with Crippen LogP contribution in [0.4, 0.5) is 0 Å². The minimum atomic E-state index is -0.903. The lowest BCUT2D eigenvalue weighted by atomic mass is 10.1. The number of aliphatic hydroxyl groups excluding tert-OH is 2. The molecule has 0 spiro atoms. The van der Waals surface area contributed by atoms with E-state index >= 15 is 0 Å². The van der Waals surface area contributed by atoms with Gasteiger partial charge in [0.05, 0.1) is 6.10 Å². The molecule has 0 aliphatic rings. The molecule has 0 saturated heterocycles. The van der Waals surface area contributed by atoms with Gasteiger partial charge in [-0.2, -0.15) is 0 Å². The van der Waals surface area contributed by atoms with Crippen LogP contribution in [0.5, 0.6) is 0 Å². The third-order valence-electron chi connectivity index (χ3n) is 1.90. The Kier molecular flexibility index (Phi) is 4.47. The summed E-state index contributed by atoms with van der Waals surface area (Å²) in [6.45, 7) is 0.343. The molecular weight excluding hydrogens is 248 g/mol. The van der Waals surface area contributed by atoms with E-state index in [0.717, 1.165) is 0 Å². The molecule has 0 radical (unpaired) electrons. The van der Waals surface area contributed by atoms with Gasteiger partial charge in [0.2, 0.25) is 0 Å². The Morgan fingerprint density at radius 3 is 2.86 bits per heavy atom. The molecule has 2 atom stereocenters. The number of aliphatic hydroxyl groups is 2. The highest BCUT2D eigenvalue weighted by Gasteiger charge is 2.19. The SMILES string of the molecule is CNCC(O)C(O)c1ccncc1Br. The first-order chi connectivity index (χ1) is 6.66. The minimum Gasteiger partial charge on any atom is -0.389 e. The third-order valence-corrected chi connectivity index (χ3v) is 2.56. The number of halogens is 1. The first kappa shape index (κ1) is 11.6. The maximum absolute atomic E-state index is 9.75. The molecule has 0 fully saturated rings. The average Bonchev–Trinajstić information content (AvgIpc) is 2.18. The van der Waals surface area contributed by atoms with E-state index in [9.17, 15) is 10.2 Å². The molecule has 0 aliphatic heterocycles. The van der Waals surface area contributed by atoms with Crippen molar-refractivity contribution in [1.29, 1.82) is 0 Å². The second-order valence-corrected chi connectivity index (χ2v) is 3.82. The summed E-state index contributed by atoms with van der Waals surface area (Å²) >= 11 is 3.26. The normalized spacial score (nSPS) is 15.1. The number of hydrogen-bond donors (Lipinski definition) is 3. The van der Waals surface area contributed by atoms with E-state index in [0.29, 0.717) is 16.6 Å². The molecule has 1 heterocycles. The Hall–Kier alpha value is -0.490. The van der Waals surface area contributed by atoms with Crippen LogP contribution in [0, 0.1) is 0 Å². The molecule has 5 heteroatoms. The van der Waals surface area contributed by atoms with Crippen LogP contribution in [0.2, 0.25) is 0 Å². The van der Waals surface area contributed by atoms with Crippen LogP contribution in [0.1, 0.15) is 11.7 Å². The molecule has 0 aliphatic carbocycles. The van der Waals surface area contributed by atoms with Gasteiger partial charge in [-0.05, 0) is 29.0 Å². The van der Waals surface area contributed by atoms with Crippen molar-refractivity contribution in [3.63, 3.8) is 0 Å². The Balaban J connectivity index is 2.78. The summed E-state index contributed by atoms with van der Waals surface area (Å²) in [5.74, 6) is 0. The van der Waals surface area contributed by atoms with Crippen LogP contribution < -0.4 is 5.32 Å². The fraction of sp³-hybridized carbons (Fsp3) is 0.444. The quantitative estimate of drug-likeness (QED) is 0.736. The second kappa shape index (κ2) is 5.41. The van der Waals surface area contributed by atoms with Gasteiger partial charge in [0, 0.05) is 29.0 Å². The molecule has 1 rings (SSSR count). The Morgan fingerprint density at radius 2 is 2.29 bits per heavy atom. The van der Waals surface area contributed by atoms with Gasteiger partial charge in [-0.15, -0.1) is 0 Å². The van der Waals surface area contributed by atoms with E-state index in [2.05, 4.69) is 26.2 Å². The van der Waals surface area contributed by atoms with E-state index in [1.807, 2.05) is 0 Å². The smallest absolute Gasteiger partial charge is 0.107 e. The molecule has 0 aromatic carbocycles. The van der Waals surface area contributed by atoms with Crippen LogP contribution in [-0.2, 0) is 0 Å². The summed E-state index contributed by atoms with van der Waals surface area (Å²) in [5, 5.41) is 22.1. The number of pyridine rings is 1. The molecule has 3 N–H and O–H groups in total. The monoisotopic (exact) mass is 260 g/mol. The molecule has 1 aromatic heterocycles. The largest absolute Gasteiger partial charge is 0.389 e. The fourth-order valence-electron chi connectivity index (χ4n) is 1.15. The van der Waals surface area contributed by atoms with E-state index in [1.165, 1.54) is 0 Å². The van der Waals surface area contributed by atoms with Crippen molar-refractivity contribution in [2.75, 3.05) is 13.6 Å². The van der Waals surface area contributed by atoms with E-state index in [-0.39, 0.29) is 0 Å². The molecule has 0 amide bonds. The fourth-order valence-corrected chi connectivity index (χ4v) is 1.64. The number of nitrogens with one attached hydrogen (secondary N) is 1. The Bertz CT molecular complexity index is 296. The van der Waals surface area contributed by atoms with Crippen LogP contribution >= 0.6 is 15.9 Å². The summed E-state index contributed by atoms with van der Waals surface area (Å²) < 4.78 is 0.697. The van der Waals surface area contributed by atoms with Gasteiger partial charge in [0.25, 0.3) is 0 Å². The van der Waals surface area contributed by atoms with E-state index < -0.39 is 12.2 Å². The summed E-state index contributed by atoms with van der Waals surface area (Å²) in [5.41, 5.74) is 0.641. The van der Waals surface area contributed by atoms with Crippen molar-refractivity contribution < 1.29 is 10.2 Å². The zero-order valence-electron chi connectivity index (χ0n) is 7.81. The number of rotatable bonds is 4. The van der Waals surface area contributed by atoms with E-state index in [4.69, 9.17) is 0 Å². The summed E-state index contributed by atoms with van der Waals surface area (Å²) in [6, 6.07) is 1.67. The number of hydrogen-bond acceptors (Lipinski definition) is 4. The van der Waals surface area contributed by atoms with Gasteiger partial charge < -0.3 is 15.5 Å². The van der Waals surface area contributed by atoms with Crippen molar-refractivity contribution in [3.05, 3.63) is 28.5 Å². The summed E-state index contributed by atoms with van der Waals surface area (Å²) in [7, 11) is 1.72. The van der Waals surface area contributed by atoms with Gasteiger partial charge in [-0.1, -0.05) is 0 Å². The Morgan fingerprint density at radius 1 is 1.57 bits per heavy atom. The first-order valence-electron chi connectivity index (χ1n) is 4.27. The maximum Gasteiger partial charge on any atom is 0.107 e. The molecule has 0 saturated carbocycles. The molecule has 1 aromatic rings. The van der Waals surface area contributed by atoms with Crippen molar-refractivity contribution in [3.8, 4) is 0 Å². The number of likely N-dealkylation sites (N-methyl/N-ethyl adjacent to an activating group) is 1. The standard InChI is InChI=1S/C9H13BrN2O2/c1-11-5-8(13)9(14)6-2-3-12-4-7(6)10/h2-4,8-9,11,13-14H,5H2,1H3. The molecule has 4 nitrogen and oxygen atoms in total. The highest BCUT2D eigenvalue weighted by molar-refractivity contribution is 9.10. The zero-order valence-corrected chi connectivity index (χ0v) is 9.40. The lowest BCUT2D eigenvalue weighted by molar-refractivity contribution is 0.0197. The first-order valence-corrected chi connectivity index (χ1v) is 5.06. The molecular formula is C9H13BrN2O2. The predicted molar refractivity (Wildman–Crippen MR) is 56.8 cm³/mol. The van der Waals surface area contributed by atoms with Crippen molar-refractivity contribution in [2.24, 2.45) is 0 Å². The summed E-state index contributed by atoms with van der Waals surface area (Å²) in [6.07, 6.45) is 1.44. The molecule has 0 bridgehead atoms. The zero-order chi connectivity index (χ0) is 10.6. The van der Waals surface area contributed by atoms with Gasteiger partial charge in [0.15, 0.2) is 0 Å². The van der Waals surface area contributed by atoms with Gasteiger partial charge >= 0.3 is 0 Å².